The molecule has 0 atom stereocenters. The van der Waals surface area contributed by atoms with Crippen LogP contribution in [0.5, 0.6) is 11.5 Å². The highest BCUT2D eigenvalue weighted by Crippen LogP contribution is 2.31. The van der Waals surface area contributed by atoms with Crippen molar-refractivity contribution in [2.24, 2.45) is 0 Å². The average molecular weight is 433 g/mol. The summed E-state index contributed by atoms with van der Waals surface area (Å²) in [5.74, 6) is 0.676. The second-order valence-electron chi connectivity index (χ2n) is 7.56. The highest BCUT2D eigenvalue weighted by atomic mass is 16.5. The minimum absolute atomic E-state index is 0.243. The lowest BCUT2D eigenvalue weighted by atomic mass is 9.88. The Morgan fingerprint density at radius 3 is 1.22 bits per heavy atom. The van der Waals surface area contributed by atoms with Gasteiger partial charge in [0.25, 0.3) is 11.8 Å². The molecule has 0 spiro atoms. The van der Waals surface area contributed by atoms with Crippen LogP contribution in [0.3, 0.4) is 0 Å². The molecule has 0 aromatic heterocycles. The number of methoxy groups -OCH3 is 2. The van der Waals surface area contributed by atoms with Gasteiger partial charge < -0.3 is 20.1 Å². The van der Waals surface area contributed by atoms with Gasteiger partial charge in [-0.15, -0.1) is 0 Å². The summed E-state index contributed by atoms with van der Waals surface area (Å²) in [6, 6.07) is 14.5. The van der Waals surface area contributed by atoms with E-state index in [2.05, 4.69) is 10.6 Å². The fourth-order valence-electron chi connectivity index (χ4n) is 3.86. The van der Waals surface area contributed by atoms with Crippen LogP contribution in [-0.4, -0.2) is 26.0 Å². The summed E-state index contributed by atoms with van der Waals surface area (Å²) in [6.45, 7) is 7.44. The zero-order valence-electron chi connectivity index (χ0n) is 19.3. The molecule has 0 aliphatic carbocycles. The van der Waals surface area contributed by atoms with Gasteiger partial charge in [-0.05, 0) is 74.2 Å². The topological polar surface area (TPSA) is 76.7 Å². The Hall–Kier alpha value is -3.80. The number of anilines is 2. The van der Waals surface area contributed by atoms with Gasteiger partial charge in [0.1, 0.15) is 11.5 Å². The molecule has 3 rings (SSSR count). The maximum atomic E-state index is 13.2. The number of benzene rings is 3. The summed E-state index contributed by atoms with van der Waals surface area (Å²) in [4.78, 5) is 26.4. The highest BCUT2D eigenvalue weighted by Gasteiger charge is 2.24. The molecule has 0 fully saturated rings. The minimum atomic E-state index is -0.243. The van der Waals surface area contributed by atoms with Crippen LogP contribution >= 0.6 is 0 Å². The standard InChI is InChI=1S/C26H28N2O4/c1-15-16(2)24(26(30)28-20-12-8-10-14-22(20)32-6)18(4)17(3)23(15)25(29)27-19-11-7-9-13-21(19)31-5/h7-14H,1-6H3,(H,27,29)(H,28,30). The second kappa shape index (κ2) is 9.56. The number of rotatable bonds is 6. The normalized spacial score (nSPS) is 10.4. The molecule has 3 aromatic carbocycles. The summed E-state index contributed by atoms with van der Waals surface area (Å²) < 4.78 is 10.7. The van der Waals surface area contributed by atoms with Gasteiger partial charge in [-0.3, -0.25) is 9.59 Å². The number of nitrogens with one attached hydrogen (secondary N) is 2. The summed E-state index contributed by atoms with van der Waals surface area (Å²) in [7, 11) is 3.12. The Morgan fingerprint density at radius 1 is 0.594 bits per heavy atom. The number of amides is 2. The van der Waals surface area contributed by atoms with E-state index in [1.807, 2.05) is 52.0 Å². The van der Waals surface area contributed by atoms with Crippen molar-refractivity contribution in [3.05, 3.63) is 81.9 Å². The van der Waals surface area contributed by atoms with E-state index in [0.717, 1.165) is 22.3 Å². The molecule has 0 bridgehead atoms. The summed E-state index contributed by atoms with van der Waals surface area (Å²) in [6.07, 6.45) is 0. The van der Waals surface area contributed by atoms with Crippen LogP contribution in [-0.2, 0) is 0 Å². The lowest BCUT2D eigenvalue weighted by molar-refractivity contribution is 0.101. The SMILES string of the molecule is COc1ccccc1NC(=O)c1c(C)c(C)c(C(=O)Nc2ccccc2OC)c(C)c1C. The second-order valence-corrected chi connectivity index (χ2v) is 7.56. The van der Waals surface area contributed by atoms with Crippen molar-refractivity contribution in [3.63, 3.8) is 0 Å². The van der Waals surface area contributed by atoms with E-state index >= 15 is 0 Å². The number of ether oxygens (including phenoxy) is 2. The molecule has 6 nitrogen and oxygen atoms in total. The number of carbonyl (C=O) groups excluding carboxylic acids is 2. The van der Waals surface area contributed by atoms with Gasteiger partial charge >= 0.3 is 0 Å². The van der Waals surface area contributed by atoms with Crippen molar-refractivity contribution in [3.8, 4) is 11.5 Å². The fourth-order valence-corrected chi connectivity index (χ4v) is 3.86. The van der Waals surface area contributed by atoms with E-state index in [0.29, 0.717) is 34.0 Å². The van der Waals surface area contributed by atoms with Gasteiger partial charge in [-0.2, -0.15) is 0 Å². The minimum Gasteiger partial charge on any atom is -0.495 e. The summed E-state index contributed by atoms with van der Waals surface area (Å²) in [5.41, 5.74) is 5.31. The largest absolute Gasteiger partial charge is 0.495 e. The number of carbonyl (C=O) groups is 2. The fraction of sp³-hybridized carbons (Fsp3) is 0.231. The van der Waals surface area contributed by atoms with Gasteiger partial charge in [0.05, 0.1) is 25.6 Å². The molecule has 166 valence electrons. The van der Waals surface area contributed by atoms with Crippen molar-refractivity contribution < 1.29 is 19.1 Å². The molecule has 0 saturated carbocycles. The molecule has 0 unspecified atom stereocenters. The molecular weight excluding hydrogens is 404 g/mol. The lowest BCUT2D eigenvalue weighted by Gasteiger charge is -2.20. The zero-order chi connectivity index (χ0) is 23.4. The molecule has 2 amide bonds. The number of hydrogen-bond donors (Lipinski definition) is 2. The Morgan fingerprint density at radius 2 is 0.906 bits per heavy atom. The Labute approximate surface area is 188 Å². The van der Waals surface area contributed by atoms with Gasteiger partial charge in [0.15, 0.2) is 0 Å². The Balaban J connectivity index is 1.99. The lowest BCUT2D eigenvalue weighted by Crippen LogP contribution is -2.21. The van der Waals surface area contributed by atoms with Crippen molar-refractivity contribution in [2.75, 3.05) is 24.9 Å². The molecule has 0 saturated heterocycles. The van der Waals surface area contributed by atoms with Crippen LogP contribution < -0.4 is 20.1 Å². The van der Waals surface area contributed by atoms with E-state index in [1.54, 1.807) is 38.5 Å². The summed E-state index contributed by atoms with van der Waals surface area (Å²) in [5, 5.41) is 5.87. The number of hydrogen-bond acceptors (Lipinski definition) is 4. The third kappa shape index (κ3) is 4.30. The third-order valence-corrected chi connectivity index (χ3v) is 5.79. The molecular formula is C26H28N2O4. The van der Waals surface area contributed by atoms with E-state index in [1.165, 1.54) is 0 Å². The first-order chi connectivity index (χ1) is 15.3. The molecule has 3 aromatic rings. The van der Waals surface area contributed by atoms with Crippen molar-refractivity contribution in [1.82, 2.24) is 0 Å². The van der Waals surface area contributed by atoms with Crippen LogP contribution in [0.1, 0.15) is 43.0 Å². The Bertz CT molecular complexity index is 1060. The van der Waals surface area contributed by atoms with Crippen molar-refractivity contribution in [2.45, 2.75) is 27.7 Å². The first kappa shape index (κ1) is 22.9. The smallest absolute Gasteiger partial charge is 0.256 e. The summed E-state index contributed by atoms with van der Waals surface area (Å²) >= 11 is 0. The number of para-hydroxylation sites is 4. The van der Waals surface area contributed by atoms with Gasteiger partial charge in [-0.1, -0.05) is 24.3 Å². The van der Waals surface area contributed by atoms with E-state index in [-0.39, 0.29) is 11.8 Å². The van der Waals surface area contributed by atoms with Crippen LogP contribution in [0.15, 0.2) is 48.5 Å². The van der Waals surface area contributed by atoms with Crippen LogP contribution in [0.4, 0.5) is 11.4 Å². The first-order valence-electron chi connectivity index (χ1n) is 10.3. The van der Waals surface area contributed by atoms with Crippen LogP contribution in [0.25, 0.3) is 0 Å². The van der Waals surface area contributed by atoms with Gasteiger partial charge in [0, 0.05) is 11.1 Å². The highest BCUT2D eigenvalue weighted by molar-refractivity contribution is 6.11. The van der Waals surface area contributed by atoms with E-state index < -0.39 is 0 Å². The zero-order valence-corrected chi connectivity index (χ0v) is 19.3. The molecule has 0 radical (unpaired) electrons. The van der Waals surface area contributed by atoms with Crippen molar-refractivity contribution in [1.29, 1.82) is 0 Å². The van der Waals surface area contributed by atoms with E-state index in [4.69, 9.17) is 9.47 Å². The first-order valence-corrected chi connectivity index (χ1v) is 10.3. The molecule has 2 N–H and O–H groups in total. The average Bonchev–Trinajstić information content (AvgIpc) is 2.78. The monoisotopic (exact) mass is 432 g/mol. The molecule has 0 aliphatic heterocycles. The molecule has 0 aliphatic rings. The quantitative estimate of drug-likeness (QED) is 0.544. The molecule has 32 heavy (non-hydrogen) atoms. The maximum absolute atomic E-state index is 13.2. The predicted octanol–water partition coefficient (Wildman–Crippen LogP) is 5.44. The van der Waals surface area contributed by atoms with Gasteiger partial charge in [-0.25, -0.2) is 0 Å². The van der Waals surface area contributed by atoms with Crippen LogP contribution in [0, 0.1) is 27.7 Å². The van der Waals surface area contributed by atoms with Crippen LogP contribution in [0.2, 0.25) is 0 Å². The van der Waals surface area contributed by atoms with Gasteiger partial charge in [0.2, 0.25) is 0 Å². The third-order valence-electron chi connectivity index (χ3n) is 5.79. The maximum Gasteiger partial charge on any atom is 0.256 e. The molecule has 6 heteroatoms. The molecule has 0 heterocycles. The van der Waals surface area contributed by atoms with E-state index in [9.17, 15) is 9.59 Å². The van der Waals surface area contributed by atoms with Crippen molar-refractivity contribution >= 4 is 23.2 Å². The predicted molar refractivity (Wildman–Crippen MR) is 127 cm³/mol. The Kier molecular flexibility index (Phi) is 6.83.